The van der Waals surface area contributed by atoms with Gasteiger partial charge in [0.15, 0.2) is 0 Å². The van der Waals surface area contributed by atoms with Crippen LogP contribution in [0.5, 0.6) is 0 Å². The SMILES string of the molecule is CC(C)(C)CC(CO)NCc1ccc(-n2cccn2)cc1. The Hall–Kier alpha value is -1.65. The van der Waals surface area contributed by atoms with Gasteiger partial charge in [-0.15, -0.1) is 0 Å². The molecule has 2 N–H and O–H groups in total. The van der Waals surface area contributed by atoms with E-state index >= 15 is 0 Å². The van der Waals surface area contributed by atoms with Gasteiger partial charge in [-0.05, 0) is 35.6 Å². The van der Waals surface area contributed by atoms with Crippen molar-refractivity contribution in [2.45, 2.75) is 39.8 Å². The minimum atomic E-state index is 0.135. The van der Waals surface area contributed by atoms with Crippen molar-refractivity contribution in [2.24, 2.45) is 5.41 Å². The Morgan fingerprint density at radius 2 is 1.95 bits per heavy atom. The topological polar surface area (TPSA) is 50.1 Å². The second kappa shape index (κ2) is 6.87. The van der Waals surface area contributed by atoms with Crippen LogP contribution in [0.2, 0.25) is 0 Å². The number of aromatic nitrogens is 2. The van der Waals surface area contributed by atoms with Crippen LogP contribution in [0.15, 0.2) is 42.7 Å². The molecule has 1 unspecified atom stereocenters. The second-order valence-corrected chi connectivity index (χ2v) is 6.64. The first-order valence-corrected chi connectivity index (χ1v) is 7.41. The van der Waals surface area contributed by atoms with Crippen LogP contribution >= 0.6 is 0 Å². The molecule has 1 aromatic heterocycles. The van der Waals surface area contributed by atoms with E-state index in [0.29, 0.717) is 0 Å². The number of benzene rings is 1. The predicted octanol–water partition coefficient (Wildman–Crippen LogP) is 2.76. The van der Waals surface area contributed by atoms with Crippen molar-refractivity contribution in [3.8, 4) is 5.69 Å². The van der Waals surface area contributed by atoms with Crippen LogP contribution in [-0.2, 0) is 6.54 Å². The first-order chi connectivity index (χ1) is 9.98. The normalized spacial score (nSPS) is 13.3. The fourth-order valence-corrected chi connectivity index (χ4v) is 2.39. The molecule has 1 heterocycles. The summed E-state index contributed by atoms with van der Waals surface area (Å²) in [5.41, 5.74) is 2.47. The van der Waals surface area contributed by atoms with E-state index in [1.807, 2.05) is 16.9 Å². The number of aliphatic hydroxyl groups excluding tert-OH is 1. The smallest absolute Gasteiger partial charge is 0.0645 e. The lowest BCUT2D eigenvalue weighted by molar-refractivity contribution is 0.198. The highest BCUT2D eigenvalue weighted by atomic mass is 16.3. The van der Waals surface area contributed by atoms with E-state index in [1.165, 1.54) is 5.56 Å². The summed E-state index contributed by atoms with van der Waals surface area (Å²) < 4.78 is 1.84. The van der Waals surface area contributed by atoms with Gasteiger partial charge in [-0.2, -0.15) is 5.10 Å². The van der Waals surface area contributed by atoms with Crippen molar-refractivity contribution in [1.82, 2.24) is 15.1 Å². The number of hydrogen-bond donors (Lipinski definition) is 2. The minimum absolute atomic E-state index is 0.135. The largest absolute Gasteiger partial charge is 0.395 e. The van der Waals surface area contributed by atoms with Gasteiger partial charge in [-0.3, -0.25) is 0 Å². The molecule has 1 atom stereocenters. The maximum absolute atomic E-state index is 9.46. The average Bonchev–Trinajstić information content (AvgIpc) is 2.97. The third kappa shape index (κ3) is 4.99. The molecule has 0 aliphatic rings. The zero-order valence-corrected chi connectivity index (χ0v) is 13.1. The molecule has 0 saturated carbocycles. The van der Waals surface area contributed by atoms with Crippen LogP contribution < -0.4 is 5.32 Å². The zero-order valence-electron chi connectivity index (χ0n) is 13.1. The van der Waals surface area contributed by atoms with E-state index in [9.17, 15) is 5.11 Å². The summed E-state index contributed by atoms with van der Waals surface area (Å²) in [5.74, 6) is 0. The second-order valence-electron chi connectivity index (χ2n) is 6.64. The highest BCUT2D eigenvalue weighted by molar-refractivity contribution is 5.33. The van der Waals surface area contributed by atoms with E-state index in [0.717, 1.165) is 18.7 Å². The number of nitrogens with one attached hydrogen (secondary N) is 1. The molecule has 0 saturated heterocycles. The molecule has 0 spiro atoms. The fraction of sp³-hybridized carbons (Fsp3) is 0.471. The molecular formula is C17H25N3O. The Labute approximate surface area is 126 Å². The maximum Gasteiger partial charge on any atom is 0.0645 e. The monoisotopic (exact) mass is 287 g/mol. The lowest BCUT2D eigenvalue weighted by Crippen LogP contribution is -2.35. The van der Waals surface area contributed by atoms with Gasteiger partial charge in [0, 0.05) is 25.0 Å². The quantitative estimate of drug-likeness (QED) is 0.859. The molecule has 2 aromatic rings. The van der Waals surface area contributed by atoms with E-state index in [-0.39, 0.29) is 18.1 Å². The number of nitrogens with zero attached hydrogens (tertiary/aromatic N) is 2. The summed E-state index contributed by atoms with van der Waals surface area (Å²) >= 11 is 0. The van der Waals surface area contributed by atoms with E-state index in [2.05, 4.69) is 55.5 Å². The van der Waals surface area contributed by atoms with Crippen molar-refractivity contribution < 1.29 is 5.11 Å². The summed E-state index contributed by atoms with van der Waals surface area (Å²) in [6.07, 6.45) is 4.65. The molecule has 0 fully saturated rings. The van der Waals surface area contributed by atoms with E-state index in [1.54, 1.807) is 6.20 Å². The van der Waals surface area contributed by atoms with Gasteiger partial charge in [-0.1, -0.05) is 32.9 Å². The molecule has 0 bridgehead atoms. The standard InChI is InChI=1S/C17H25N3O/c1-17(2,3)11-15(13-21)18-12-14-5-7-16(8-6-14)20-10-4-9-19-20/h4-10,15,18,21H,11-13H2,1-3H3. The molecule has 21 heavy (non-hydrogen) atoms. The molecule has 1 aromatic carbocycles. The summed E-state index contributed by atoms with van der Waals surface area (Å²) in [6.45, 7) is 7.51. The summed E-state index contributed by atoms with van der Waals surface area (Å²) in [5, 5.41) is 17.1. The molecule has 114 valence electrons. The van der Waals surface area contributed by atoms with Crippen LogP contribution in [0.3, 0.4) is 0 Å². The summed E-state index contributed by atoms with van der Waals surface area (Å²) in [4.78, 5) is 0. The molecule has 0 aliphatic carbocycles. The Bertz CT molecular complexity index is 526. The highest BCUT2D eigenvalue weighted by Gasteiger charge is 2.17. The van der Waals surface area contributed by atoms with Crippen molar-refractivity contribution in [3.63, 3.8) is 0 Å². The molecule has 4 nitrogen and oxygen atoms in total. The van der Waals surface area contributed by atoms with Gasteiger partial charge in [0.1, 0.15) is 0 Å². The first kappa shape index (κ1) is 15.7. The van der Waals surface area contributed by atoms with Crippen molar-refractivity contribution >= 4 is 0 Å². The van der Waals surface area contributed by atoms with Gasteiger partial charge >= 0.3 is 0 Å². The Morgan fingerprint density at radius 1 is 1.24 bits per heavy atom. The Kier molecular flexibility index (Phi) is 5.15. The molecular weight excluding hydrogens is 262 g/mol. The van der Waals surface area contributed by atoms with Crippen LogP contribution in [0, 0.1) is 5.41 Å². The predicted molar refractivity (Wildman–Crippen MR) is 85.3 cm³/mol. The first-order valence-electron chi connectivity index (χ1n) is 7.41. The average molecular weight is 287 g/mol. The zero-order chi connectivity index (χ0) is 15.3. The van der Waals surface area contributed by atoms with Crippen LogP contribution in [0.1, 0.15) is 32.8 Å². The van der Waals surface area contributed by atoms with E-state index in [4.69, 9.17) is 0 Å². The maximum atomic E-state index is 9.46. The Morgan fingerprint density at radius 3 is 2.48 bits per heavy atom. The van der Waals surface area contributed by atoms with Crippen molar-refractivity contribution in [2.75, 3.05) is 6.61 Å². The lowest BCUT2D eigenvalue weighted by Gasteiger charge is -2.25. The third-order valence-electron chi connectivity index (χ3n) is 3.38. The third-order valence-corrected chi connectivity index (χ3v) is 3.38. The molecule has 0 amide bonds. The fourth-order valence-electron chi connectivity index (χ4n) is 2.39. The van der Waals surface area contributed by atoms with Crippen LogP contribution in [0.25, 0.3) is 5.69 Å². The van der Waals surface area contributed by atoms with Gasteiger partial charge in [0.05, 0.1) is 12.3 Å². The van der Waals surface area contributed by atoms with Gasteiger partial charge in [0.2, 0.25) is 0 Å². The van der Waals surface area contributed by atoms with Crippen LogP contribution in [0.4, 0.5) is 0 Å². The number of hydrogen-bond acceptors (Lipinski definition) is 3. The van der Waals surface area contributed by atoms with Crippen LogP contribution in [-0.4, -0.2) is 27.5 Å². The number of aliphatic hydroxyl groups is 1. The lowest BCUT2D eigenvalue weighted by atomic mass is 9.88. The minimum Gasteiger partial charge on any atom is -0.395 e. The van der Waals surface area contributed by atoms with Crippen molar-refractivity contribution in [1.29, 1.82) is 0 Å². The van der Waals surface area contributed by atoms with Gasteiger partial charge in [0.25, 0.3) is 0 Å². The highest BCUT2D eigenvalue weighted by Crippen LogP contribution is 2.20. The Balaban J connectivity index is 1.91. The van der Waals surface area contributed by atoms with Gasteiger partial charge in [-0.25, -0.2) is 4.68 Å². The molecule has 4 heteroatoms. The molecule has 2 rings (SSSR count). The molecule has 0 aliphatic heterocycles. The molecule has 0 radical (unpaired) electrons. The summed E-state index contributed by atoms with van der Waals surface area (Å²) in [6, 6.07) is 10.3. The van der Waals surface area contributed by atoms with Crippen molar-refractivity contribution in [3.05, 3.63) is 48.3 Å². The summed E-state index contributed by atoms with van der Waals surface area (Å²) in [7, 11) is 0. The van der Waals surface area contributed by atoms with E-state index < -0.39 is 0 Å². The van der Waals surface area contributed by atoms with Gasteiger partial charge < -0.3 is 10.4 Å². The number of rotatable bonds is 6.